The van der Waals surface area contributed by atoms with Crippen molar-refractivity contribution in [2.24, 2.45) is 0 Å². The number of halogens is 3. The summed E-state index contributed by atoms with van der Waals surface area (Å²) in [4.78, 5) is 18.6. The SMILES string of the molecule is CC1C(C)N(c2ccc(C(F)(F)F)cn2)CCN1Sc1ccc2c(c1)C(C(=O)O)CC2. The van der Waals surface area contributed by atoms with E-state index in [-0.39, 0.29) is 12.1 Å². The van der Waals surface area contributed by atoms with Gasteiger partial charge in [-0.3, -0.25) is 4.79 Å². The molecular formula is C22H24F3N3O2S. The Hall–Kier alpha value is -2.26. The summed E-state index contributed by atoms with van der Waals surface area (Å²) in [5.41, 5.74) is 1.27. The van der Waals surface area contributed by atoms with Gasteiger partial charge in [0.25, 0.3) is 0 Å². The first kappa shape index (κ1) is 22.0. The van der Waals surface area contributed by atoms with E-state index in [0.717, 1.165) is 34.7 Å². The zero-order valence-electron chi connectivity index (χ0n) is 17.3. The molecule has 0 bridgehead atoms. The molecular weight excluding hydrogens is 427 g/mol. The normalized spacial score (nSPS) is 24.3. The van der Waals surface area contributed by atoms with E-state index in [1.54, 1.807) is 11.9 Å². The number of fused-ring (bicyclic) bond motifs is 1. The van der Waals surface area contributed by atoms with Crippen LogP contribution >= 0.6 is 11.9 Å². The molecule has 3 atom stereocenters. The van der Waals surface area contributed by atoms with Gasteiger partial charge in [0.05, 0.1) is 11.5 Å². The van der Waals surface area contributed by atoms with Gasteiger partial charge in [0.1, 0.15) is 5.82 Å². The summed E-state index contributed by atoms with van der Waals surface area (Å²) in [6.45, 7) is 5.47. The number of benzene rings is 1. The molecule has 166 valence electrons. The fraction of sp³-hybridized carbons (Fsp3) is 0.455. The highest BCUT2D eigenvalue weighted by Crippen LogP contribution is 2.38. The number of alkyl halides is 3. The Morgan fingerprint density at radius 2 is 1.94 bits per heavy atom. The van der Waals surface area contributed by atoms with Crippen LogP contribution in [-0.2, 0) is 17.4 Å². The third kappa shape index (κ3) is 4.39. The summed E-state index contributed by atoms with van der Waals surface area (Å²) < 4.78 is 40.7. The maximum atomic E-state index is 12.8. The van der Waals surface area contributed by atoms with Crippen LogP contribution in [0.5, 0.6) is 0 Å². The number of anilines is 1. The van der Waals surface area contributed by atoms with Gasteiger partial charge in [-0.2, -0.15) is 13.2 Å². The molecule has 9 heteroatoms. The molecule has 0 saturated carbocycles. The minimum Gasteiger partial charge on any atom is -0.481 e. The van der Waals surface area contributed by atoms with Crippen molar-refractivity contribution in [3.8, 4) is 0 Å². The van der Waals surface area contributed by atoms with E-state index in [1.165, 1.54) is 6.07 Å². The van der Waals surface area contributed by atoms with Crippen molar-refractivity contribution >= 4 is 23.7 Å². The molecule has 0 radical (unpaired) electrons. The molecule has 2 aliphatic rings. The average molecular weight is 452 g/mol. The van der Waals surface area contributed by atoms with Gasteiger partial charge in [0.15, 0.2) is 0 Å². The van der Waals surface area contributed by atoms with Gasteiger partial charge in [-0.05, 0) is 74.0 Å². The highest BCUT2D eigenvalue weighted by atomic mass is 32.2. The third-order valence-electron chi connectivity index (χ3n) is 6.29. The minimum atomic E-state index is -4.39. The maximum absolute atomic E-state index is 12.8. The molecule has 3 unspecified atom stereocenters. The molecule has 2 heterocycles. The van der Waals surface area contributed by atoms with E-state index >= 15 is 0 Å². The quantitative estimate of drug-likeness (QED) is 0.673. The predicted molar refractivity (Wildman–Crippen MR) is 113 cm³/mol. The summed E-state index contributed by atoms with van der Waals surface area (Å²) in [5.74, 6) is -0.672. The predicted octanol–water partition coefficient (Wildman–Crippen LogP) is 4.82. The molecule has 2 aromatic rings. The monoisotopic (exact) mass is 451 g/mol. The van der Waals surface area contributed by atoms with Crippen molar-refractivity contribution in [1.29, 1.82) is 0 Å². The van der Waals surface area contributed by atoms with E-state index in [1.807, 2.05) is 30.0 Å². The van der Waals surface area contributed by atoms with Crippen LogP contribution in [0.1, 0.15) is 42.9 Å². The summed E-state index contributed by atoms with van der Waals surface area (Å²) in [7, 11) is 0. The fourth-order valence-electron chi connectivity index (χ4n) is 4.32. The zero-order chi connectivity index (χ0) is 22.3. The lowest BCUT2D eigenvalue weighted by atomic mass is 10.0. The molecule has 1 N–H and O–H groups in total. The molecule has 1 saturated heterocycles. The first-order chi connectivity index (χ1) is 14.6. The van der Waals surface area contributed by atoms with Crippen LogP contribution in [0.25, 0.3) is 0 Å². The number of carboxylic acid groups (broad SMARTS) is 1. The molecule has 1 fully saturated rings. The number of aryl methyl sites for hydroxylation is 1. The van der Waals surface area contributed by atoms with Crippen LogP contribution < -0.4 is 4.90 Å². The van der Waals surface area contributed by atoms with Crippen molar-refractivity contribution in [1.82, 2.24) is 9.29 Å². The van der Waals surface area contributed by atoms with Gasteiger partial charge < -0.3 is 10.0 Å². The Labute approximate surface area is 183 Å². The molecule has 1 aliphatic heterocycles. The van der Waals surface area contributed by atoms with Crippen molar-refractivity contribution in [3.05, 3.63) is 53.2 Å². The van der Waals surface area contributed by atoms with Crippen molar-refractivity contribution in [2.45, 2.75) is 55.8 Å². The molecule has 1 aromatic heterocycles. The highest BCUT2D eigenvalue weighted by molar-refractivity contribution is 7.97. The summed E-state index contributed by atoms with van der Waals surface area (Å²) in [6.07, 6.45) is -2.07. The lowest BCUT2D eigenvalue weighted by Gasteiger charge is -2.44. The molecule has 1 aromatic carbocycles. The second-order valence-corrected chi connectivity index (χ2v) is 9.22. The van der Waals surface area contributed by atoms with E-state index in [0.29, 0.717) is 25.3 Å². The first-order valence-corrected chi connectivity index (χ1v) is 11.0. The molecule has 31 heavy (non-hydrogen) atoms. The Morgan fingerprint density at radius 1 is 1.16 bits per heavy atom. The van der Waals surface area contributed by atoms with E-state index < -0.39 is 23.6 Å². The van der Waals surface area contributed by atoms with Crippen LogP contribution in [0.2, 0.25) is 0 Å². The summed E-state index contributed by atoms with van der Waals surface area (Å²) in [6, 6.07) is 8.72. The van der Waals surface area contributed by atoms with Crippen LogP contribution in [0.15, 0.2) is 41.4 Å². The number of carboxylic acids is 1. The Kier molecular flexibility index (Phi) is 5.91. The number of carbonyl (C=O) groups is 1. The molecule has 0 spiro atoms. The number of nitrogens with zero attached hydrogens (tertiary/aromatic N) is 3. The number of aromatic nitrogens is 1. The van der Waals surface area contributed by atoms with Gasteiger partial charge in [-0.15, -0.1) is 0 Å². The largest absolute Gasteiger partial charge is 0.481 e. The van der Waals surface area contributed by atoms with Crippen LogP contribution in [0, 0.1) is 0 Å². The highest BCUT2D eigenvalue weighted by Gasteiger charge is 2.35. The molecule has 0 amide bonds. The lowest BCUT2D eigenvalue weighted by Crippen LogP contribution is -2.55. The molecule has 5 nitrogen and oxygen atoms in total. The van der Waals surface area contributed by atoms with Gasteiger partial charge in [0, 0.05) is 36.3 Å². The number of piperazine rings is 1. The number of aliphatic carboxylic acids is 1. The number of hydrogen-bond donors (Lipinski definition) is 1. The Balaban J connectivity index is 1.46. The number of hydrogen-bond acceptors (Lipinski definition) is 5. The Bertz CT molecular complexity index is 967. The number of rotatable bonds is 4. The van der Waals surface area contributed by atoms with Gasteiger partial charge in [0.2, 0.25) is 0 Å². The smallest absolute Gasteiger partial charge is 0.417 e. The third-order valence-corrected chi connectivity index (χ3v) is 7.50. The second kappa shape index (κ2) is 8.35. The fourth-order valence-corrected chi connectivity index (χ4v) is 5.41. The second-order valence-electron chi connectivity index (χ2n) is 8.10. The summed E-state index contributed by atoms with van der Waals surface area (Å²) in [5, 5.41) is 9.46. The molecule has 4 rings (SSSR count). The van der Waals surface area contributed by atoms with E-state index in [4.69, 9.17) is 0 Å². The van der Waals surface area contributed by atoms with Crippen LogP contribution in [0.4, 0.5) is 19.0 Å². The standard InChI is InChI=1S/C22H24F3N3O2S/c1-13-14(2)28(10-9-27(13)20-8-5-16(12-26-20)22(23,24)25)31-17-6-3-15-4-7-18(21(29)30)19(15)11-17/h3,5-6,8,11-14,18H,4,7,9-10H2,1-2H3,(H,29,30). The van der Waals surface area contributed by atoms with Gasteiger partial charge >= 0.3 is 12.1 Å². The maximum Gasteiger partial charge on any atom is 0.417 e. The van der Waals surface area contributed by atoms with Crippen molar-refractivity contribution < 1.29 is 23.1 Å². The zero-order valence-corrected chi connectivity index (χ0v) is 18.1. The van der Waals surface area contributed by atoms with Crippen molar-refractivity contribution in [2.75, 3.05) is 18.0 Å². The van der Waals surface area contributed by atoms with Gasteiger partial charge in [-0.25, -0.2) is 9.29 Å². The van der Waals surface area contributed by atoms with Crippen LogP contribution in [0.3, 0.4) is 0 Å². The lowest BCUT2D eigenvalue weighted by molar-refractivity contribution is -0.139. The van der Waals surface area contributed by atoms with Crippen LogP contribution in [-0.4, -0.2) is 45.5 Å². The first-order valence-electron chi connectivity index (χ1n) is 10.3. The van der Waals surface area contributed by atoms with Crippen molar-refractivity contribution in [3.63, 3.8) is 0 Å². The Morgan fingerprint density at radius 3 is 2.58 bits per heavy atom. The van der Waals surface area contributed by atoms with E-state index in [2.05, 4.69) is 16.2 Å². The molecule has 1 aliphatic carbocycles. The topological polar surface area (TPSA) is 56.7 Å². The summed E-state index contributed by atoms with van der Waals surface area (Å²) >= 11 is 1.60. The van der Waals surface area contributed by atoms with E-state index in [9.17, 15) is 23.1 Å². The van der Waals surface area contributed by atoms with Gasteiger partial charge in [-0.1, -0.05) is 6.07 Å². The average Bonchev–Trinajstić information content (AvgIpc) is 3.15. The minimum absolute atomic E-state index is 0.0479. The number of pyridine rings is 1.